The lowest BCUT2D eigenvalue weighted by Crippen LogP contribution is -2.29. The van der Waals surface area contributed by atoms with E-state index in [1.165, 1.54) is 12.0 Å². The summed E-state index contributed by atoms with van der Waals surface area (Å²) in [6.07, 6.45) is 0. The van der Waals surface area contributed by atoms with Gasteiger partial charge in [0.25, 0.3) is 11.7 Å². The van der Waals surface area contributed by atoms with Crippen molar-refractivity contribution in [3.8, 4) is 5.75 Å². The van der Waals surface area contributed by atoms with Crippen LogP contribution in [0.25, 0.3) is 5.76 Å². The molecule has 4 rings (SSSR count). The number of methoxy groups -OCH3 is 1. The van der Waals surface area contributed by atoms with Crippen molar-refractivity contribution in [3.63, 3.8) is 0 Å². The Morgan fingerprint density at radius 3 is 2.39 bits per heavy atom. The quantitative estimate of drug-likeness (QED) is 0.373. The molecule has 0 aliphatic carbocycles. The maximum absolute atomic E-state index is 13.2. The fourth-order valence-electron chi connectivity index (χ4n) is 3.90. The normalized spacial score (nSPS) is 17.9. The molecule has 1 saturated heterocycles. The summed E-state index contributed by atoms with van der Waals surface area (Å²) in [4.78, 5) is 27.7. The van der Waals surface area contributed by atoms with Crippen LogP contribution in [-0.4, -0.2) is 23.9 Å². The van der Waals surface area contributed by atoms with Gasteiger partial charge in [-0.1, -0.05) is 23.8 Å². The largest absolute Gasteiger partial charge is 0.507 e. The molecule has 1 aliphatic heterocycles. The number of hydrogen-bond acceptors (Lipinski definition) is 5. The summed E-state index contributed by atoms with van der Waals surface area (Å²) < 4.78 is 11.2. The van der Waals surface area contributed by atoms with Gasteiger partial charge in [-0.25, -0.2) is 0 Å². The van der Waals surface area contributed by atoms with Gasteiger partial charge in [-0.05, 0) is 62.7 Å². The van der Waals surface area contributed by atoms with Gasteiger partial charge in [-0.3, -0.25) is 14.5 Å². The van der Waals surface area contributed by atoms with Gasteiger partial charge in [-0.2, -0.15) is 0 Å². The van der Waals surface area contributed by atoms with Crippen LogP contribution in [0.2, 0.25) is 0 Å². The van der Waals surface area contributed by atoms with Crippen LogP contribution in [-0.2, 0) is 9.59 Å². The second kappa shape index (κ2) is 7.80. The van der Waals surface area contributed by atoms with Crippen molar-refractivity contribution in [1.82, 2.24) is 0 Å². The summed E-state index contributed by atoms with van der Waals surface area (Å²) in [5.41, 5.74) is 2.67. The van der Waals surface area contributed by atoms with Crippen molar-refractivity contribution in [3.05, 3.63) is 88.4 Å². The van der Waals surface area contributed by atoms with E-state index in [0.717, 1.165) is 11.1 Å². The second-order valence-electron chi connectivity index (χ2n) is 7.66. The number of ether oxygens (including phenoxy) is 1. The predicted octanol–water partition coefficient (Wildman–Crippen LogP) is 4.84. The maximum Gasteiger partial charge on any atom is 0.300 e. The lowest BCUT2D eigenvalue weighted by molar-refractivity contribution is -0.132. The first kappa shape index (κ1) is 20.5. The summed E-state index contributed by atoms with van der Waals surface area (Å²) >= 11 is 0. The number of anilines is 1. The molecule has 158 valence electrons. The number of carbonyl (C=O) groups excluding carboxylic acids is 2. The fraction of sp³-hybridized carbons (Fsp3) is 0.200. The highest BCUT2D eigenvalue weighted by atomic mass is 16.5. The van der Waals surface area contributed by atoms with Crippen LogP contribution < -0.4 is 9.64 Å². The molecular formula is C25H23NO5. The third-order valence-corrected chi connectivity index (χ3v) is 5.36. The molecule has 0 radical (unpaired) electrons. The Hall–Kier alpha value is -3.80. The predicted molar refractivity (Wildman–Crippen MR) is 117 cm³/mol. The highest BCUT2D eigenvalue weighted by Gasteiger charge is 2.48. The van der Waals surface area contributed by atoms with E-state index in [1.54, 1.807) is 37.3 Å². The van der Waals surface area contributed by atoms with Gasteiger partial charge in [0.05, 0.1) is 18.2 Å². The van der Waals surface area contributed by atoms with Crippen molar-refractivity contribution in [2.45, 2.75) is 26.8 Å². The molecule has 1 atom stereocenters. The topological polar surface area (TPSA) is 80.0 Å². The van der Waals surface area contributed by atoms with Crippen molar-refractivity contribution in [2.75, 3.05) is 12.0 Å². The molecule has 6 heteroatoms. The molecule has 6 nitrogen and oxygen atoms in total. The highest BCUT2D eigenvalue weighted by Crippen LogP contribution is 2.43. The second-order valence-corrected chi connectivity index (χ2v) is 7.66. The van der Waals surface area contributed by atoms with Crippen LogP contribution >= 0.6 is 0 Å². The van der Waals surface area contributed by atoms with E-state index in [2.05, 4.69) is 0 Å². The monoisotopic (exact) mass is 417 g/mol. The Kier molecular flexibility index (Phi) is 5.15. The van der Waals surface area contributed by atoms with Crippen LogP contribution in [0.4, 0.5) is 5.69 Å². The van der Waals surface area contributed by atoms with Crippen molar-refractivity contribution < 1.29 is 23.8 Å². The van der Waals surface area contributed by atoms with Gasteiger partial charge in [0.2, 0.25) is 0 Å². The van der Waals surface area contributed by atoms with E-state index in [1.807, 2.05) is 38.1 Å². The molecule has 0 saturated carbocycles. The first-order valence-electron chi connectivity index (χ1n) is 9.91. The zero-order chi connectivity index (χ0) is 22.3. The van der Waals surface area contributed by atoms with E-state index >= 15 is 0 Å². The molecule has 1 amide bonds. The number of furan rings is 1. The van der Waals surface area contributed by atoms with Crippen LogP contribution in [0.15, 0.2) is 64.6 Å². The Balaban J connectivity index is 1.98. The molecule has 1 aliphatic rings. The minimum Gasteiger partial charge on any atom is -0.507 e. The van der Waals surface area contributed by atoms with Gasteiger partial charge >= 0.3 is 0 Å². The number of aryl methyl sites for hydroxylation is 3. The number of ketones is 1. The van der Waals surface area contributed by atoms with Gasteiger partial charge in [-0.15, -0.1) is 0 Å². The Labute approximate surface area is 180 Å². The lowest BCUT2D eigenvalue weighted by Gasteiger charge is -2.24. The minimum absolute atomic E-state index is 0.0373. The van der Waals surface area contributed by atoms with Crippen LogP contribution in [0, 0.1) is 20.8 Å². The molecule has 31 heavy (non-hydrogen) atoms. The minimum atomic E-state index is -0.902. The Morgan fingerprint density at radius 1 is 1.00 bits per heavy atom. The molecule has 1 unspecified atom stereocenters. The molecule has 2 aromatic carbocycles. The van der Waals surface area contributed by atoms with Crippen LogP contribution in [0.3, 0.4) is 0 Å². The summed E-state index contributed by atoms with van der Waals surface area (Å²) in [5.74, 6) is -0.365. The van der Waals surface area contributed by atoms with E-state index in [-0.39, 0.29) is 11.3 Å². The fourth-order valence-corrected chi connectivity index (χ4v) is 3.90. The van der Waals surface area contributed by atoms with Gasteiger partial charge < -0.3 is 14.3 Å². The van der Waals surface area contributed by atoms with Crippen molar-refractivity contribution in [1.29, 1.82) is 0 Å². The van der Waals surface area contributed by atoms with Crippen LogP contribution in [0.5, 0.6) is 5.75 Å². The van der Waals surface area contributed by atoms with Crippen LogP contribution in [0.1, 0.15) is 34.3 Å². The maximum atomic E-state index is 13.2. The van der Waals surface area contributed by atoms with Crippen molar-refractivity contribution >= 4 is 23.1 Å². The number of rotatable bonds is 4. The van der Waals surface area contributed by atoms with Gasteiger partial charge in [0.1, 0.15) is 29.1 Å². The zero-order valence-electron chi connectivity index (χ0n) is 17.8. The first-order chi connectivity index (χ1) is 14.8. The average molecular weight is 417 g/mol. The van der Waals surface area contributed by atoms with E-state index in [4.69, 9.17) is 9.15 Å². The van der Waals surface area contributed by atoms with E-state index in [9.17, 15) is 14.7 Å². The molecule has 0 bridgehead atoms. The number of benzene rings is 2. The van der Waals surface area contributed by atoms with E-state index in [0.29, 0.717) is 28.5 Å². The number of amides is 1. The Morgan fingerprint density at radius 2 is 1.74 bits per heavy atom. The molecular weight excluding hydrogens is 394 g/mol. The number of aliphatic hydroxyl groups excluding tert-OH is 1. The summed E-state index contributed by atoms with van der Waals surface area (Å²) in [5, 5.41) is 11.3. The number of aliphatic hydroxyl groups is 1. The SMILES string of the molecule is COc1ccc(C)cc1/C(O)=C1\C(=O)C(=O)N(c2cccc(C)c2)C1c1ccc(C)o1. The third kappa shape index (κ3) is 3.50. The molecule has 2 heterocycles. The molecule has 1 aromatic heterocycles. The lowest BCUT2D eigenvalue weighted by atomic mass is 9.97. The Bertz CT molecular complexity index is 1220. The molecule has 0 spiro atoms. The van der Waals surface area contributed by atoms with E-state index < -0.39 is 17.7 Å². The number of hydrogen-bond donors (Lipinski definition) is 1. The van der Waals surface area contributed by atoms with Crippen molar-refractivity contribution in [2.24, 2.45) is 0 Å². The third-order valence-electron chi connectivity index (χ3n) is 5.36. The number of nitrogens with zero attached hydrogens (tertiary/aromatic N) is 1. The smallest absolute Gasteiger partial charge is 0.300 e. The first-order valence-corrected chi connectivity index (χ1v) is 9.91. The average Bonchev–Trinajstić information content (AvgIpc) is 3.28. The summed E-state index contributed by atoms with van der Waals surface area (Å²) in [7, 11) is 1.49. The van der Waals surface area contributed by atoms with Gasteiger partial charge in [0, 0.05) is 5.69 Å². The zero-order valence-corrected chi connectivity index (χ0v) is 17.8. The molecule has 1 N–H and O–H groups in total. The standard InChI is InChI=1S/C25H23NO5/c1-14-6-5-7-17(12-14)26-22(20-11-9-16(3)31-20)21(24(28)25(26)29)23(27)18-13-15(2)8-10-19(18)30-4/h5-13,22,27H,1-4H3/b23-21+. The number of Topliss-reactive ketones (excluding diaryl/α,β-unsaturated/α-hetero) is 1. The number of carbonyl (C=O) groups is 2. The summed E-state index contributed by atoms with van der Waals surface area (Å²) in [6.45, 7) is 5.56. The highest BCUT2D eigenvalue weighted by molar-refractivity contribution is 6.51. The molecule has 3 aromatic rings. The van der Waals surface area contributed by atoms with Gasteiger partial charge in [0.15, 0.2) is 0 Å². The summed E-state index contributed by atoms with van der Waals surface area (Å²) in [6, 6.07) is 15.2. The molecule has 1 fully saturated rings.